The molecular formula is C16H22N2O5S. The van der Waals surface area contributed by atoms with E-state index in [1.807, 2.05) is 0 Å². The molecule has 2 rings (SSSR count). The number of esters is 1. The van der Waals surface area contributed by atoms with Crippen LogP contribution in [0.25, 0.3) is 0 Å². The molecule has 0 aromatic heterocycles. The summed E-state index contributed by atoms with van der Waals surface area (Å²) in [6.07, 6.45) is 0.143. The van der Waals surface area contributed by atoms with Gasteiger partial charge in [0, 0.05) is 24.6 Å². The smallest absolute Gasteiger partial charge is 0.338 e. The first-order valence-corrected chi connectivity index (χ1v) is 9.30. The Morgan fingerprint density at radius 2 is 1.88 bits per heavy atom. The number of carbonyl (C=O) groups is 2. The molecule has 24 heavy (non-hydrogen) atoms. The van der Waals surface area contributed by atoms with E-state index in [9.17, 15) is 18.0 Å². The van der Waals surface area contributed by atoms with Crippen molar-refractivity contribution < 1.29 is 22.7 Å². The molecule has 0 spiro atoms. The number of benzene rings is 1. The summed E-state index contributed by atoms with van der Waals surface area (Å²) in [7, 11) is -3.61. The molecular weight excluding hydrogens is 332 g/mol. The van der Waals surface area contributed by atoms with Crippen LogP contribution in [0.5, 0.6) is 0 Å². The summed E-state index contributed by atoms with van der Waals surface area (Å²) in [6, 6.07) is 6.47. The summed E-state index contributed by atoms with van der Waals surface area (Å²) in [4.78, 5) is 25.6. The van der Waals surface area contributed by atoms with Gasteiger partial charge in [-0.05, 0) is 45.0 Å². The predicted molar refractivity (Wildman–Crippen MR) is 90.0 cm³/mol. The van der Waals surface area contributed by atoms with Gasteiger partial charge < -0.3 is 9.64 Å². The van der Waals surface area contributed by atoms with E-state index in [-0.39, 0.29) is 24.0 Å². The number of anilines is 1. The van der Waals surface area contributed by atoms with Gasteiger partial charge in [-0.15, -0.1) is 0 Å². The zero-order chi connectivity index (χ0) is 18.1. The van der Waals surface area contributed by atoms with Crippen molar-refractivity contribution in [2.45, 2.75) is 32.8 Å². The molecule has 2 N–H and O–H groups in total. The van der Waals surface area contributed by atoms with Crippen molar-refractivity contribution in [1.82, 2.24) is 0 Å². The molecule has 1 aromatic rings. The summed E-state index contributed by atoms with van der Waals surface area (Å²) < 4.78 is 27.6. The summed E-state index contributed by atoms with van der Waals surface area (Å²) in [5.74, 6) is -1.13. The van der Waals surface area contributed by atoms with Crippen molar-refractivity contribution in [2.24, 2.45) is 11.1 Å². The number of sulfonamides is 1. The number of nitrogens with two attached hydrogens (primary N) is 1. The average Bonchev–Trinajstić information content (AvgIpc) is 2.75. The minimum absolute atomic E-state index is 0.143. The predicted octanol–water partition coefficient (Wildman–Crippen LogP) is 1.28. The van der Waals surface area contributed by atoms with Gasteiger partial charge in [0.2, 0.25) is 15.9 Å². The van der Waals surface area contributed by atoms with Crippen LogP contribution in [0, 0.1) is 5.92 Å². The molecule has 1 unspecified atom stereocenters. The lowest BCUT2D eigenvalue weighted by molar-refractivity contribution is -0.117. The highest BCUT2D eigenvalue weighted by Gasteiger charge is 2.32. The van der Waals surface area contributed by atoms with Crippen molar-refractivity contribution in [2.75, 3.05) is 17.2 Å². The SMILES string of the molecule is CC(C)(C)OC(=O)c1ccc(N2CC(CS(N)(=O)=O)CC2=O)cc1. The van der Waals surface area contributed by atoms with E-state index in [1.54, 1.807) is 45.0 Å². The first-order chi connectivity index (χ1) is 10.9. The van der Waals surface area contributed by atoms with Gasteiger partial charge in [0.15, 0.2) is 0 Å². The Balaban J connectivity index is 2.08. The molecule has 132 valence electrons. The number of carbonyl (C=O) groups excluding carboxylic acids is 2. The van der Waals surface area contributed by atoms with Gasteiger partial charge in [-0.3, -0.25) is 4.79 Å². The second-order valence-corrected chi connectivity index (χ2v) is 8.61. The first kappa shape index (κ1) is 18.4. The maximum absolute atomic E-state index is 12.1. The molecule has 1 aliphatic heterocycles. The number of amides is 1. The maximum Gasteiger partial charge on any atom is 0.338 e. The summed E-state index contributed by atoms with van der Waals surface area (Å²) in [5, 5.41) is 5.04. The lowest BCUT2D eigenvalue weighted by atomic mass is 10.1. The number of primary sulfonamides is 1. The standard InChI is InChI=1S/C16H22N2O5S/c1-16(2,3)23-15(20)12-4-6-13(7-5-12)18-9-11(8-14(18)19)10-24(17,21)22/h4-7,11H,8-10H2,1-3H3,(H2,17,21,22). The molecule has 1 aromatic carbocycles. The van der Waals surface area contributed by atoms with E-state index in [2.05, 4.69) is 0 Å². The molecule has 8 heteroatoms. The summed E-state index contributed by atoms with van der Waals surface area (Å²) in [6.45, 7) is 5.65. The number of hydrogen-bond donors (Lipinski definition) is 1. The number of nitrogens with zero attached hydrogens (tertiary/aromatic N) is 1. The van der Waals surface area contributed by atoms with Crippen molar-refractivity contribution in [3.05, 3.63) is 29.8 Å². The highest BCUT2D eigenvalue weighted by Crippen LogP contribution is 2.26. The van der Waals surface area contributed by atoms with Crippen molar-refractivity contribution in [1.29, 1.82) is 0 Å². The molecule has 1 fully saturated rings. The third-order valence-corrected chi connectivity index (χ3v) is 4.42. The quantitative estimate of drug-likeness (QED) is 0.820. The van der Waals surface area contributed by atoms with Crippen LogP contribution < -0.4 is 10.0 Å². The van der Waals surface area contributed by atoms with E-state index in [0.29, 0.717) is 17.8 Å². The molecule has 1 atom stereocenters. The van der Waals surface area contributed by atoms with Crippen molar-refractivity contribution >= 4 is 27.6 Å². The van der Waals surface area contributed by atoms with Gasteiger partial charge in [0.05, 0.1) is 11.3 Å². The largest absolute Gasteiger partial charge is 0.456 e. The zero-order valence-electron chi connectivity index (χ0n) is 14.0. The van der Waals surface area contributed by atoms with Gasteiger partial charge >= 0.3 is 5.97 Å². The molecule has 0 saturated carbocycles. The van der Waals surface area contributed by atoms with Gasteiger partial charge in [0.1, 0.15) is 5.60 Å². The lowest BCUT2D eigenvalue weighted by Gasteiger charge is -2.20. The maximum atomic E-state index is 12.1. The van der Waals surface area contributed by atoms with Crippen LogP contribution in [0.2, 0.25) is 0 Å². The lowest BCUT2D eigenvalue weighted by Crippen LogP contribution is -2.27. The fraction of sp³-hybridized carbons (Fsp3) is 0.500. The van der Waals surface area contributed by atoms with Crippen LogP contribution in [-0.2, 0) is 19.6 Å². The van der Waals surface area contributed by atoms with E-state index in [1.165, 1.54) is 4.90 Å². The fourth-order valence-corrected chi connectivity index (χ4v) is 3.47. The van der Waals surface area contributed by atoms with Gasteiger partial charge in [-0.1, -0.05) is 0 Å². The Hall–Kier alpha value is -1.93. The van der Waals surface area contributed by atoms with E-state index >= 15 is 0 Å². The third-order valence-electron chi connectivity index (χ3n) is 3.49. The van der Waals surface area contributed by atoms with Crippen LogP contribution >= 0.6 is 0 Å². The minimum Gasteiger partial charge on any atom is -0.456 e. The molecule has 7 nitrogen and oxygen atoms in total. The monoisotopic (exact) mass is 354 g/mol. The molecule has 0 radical (unpaired) electrons. The highest BCUT2D eigenvalue weighted by atomic mass is 32.2. The molecule has 0 bridgehead atoms. The fourth-order valence-electron chi connectivity index (χ4n) is 2.59. The van der Waals surface area contributed by atoms with E-state index in [0.717, 1.165) is 0 Å². The second-order valence-electron chi connectivity index (χ2n) is 6.95. The molecule has 1 heterocycles. The first-order valence-electron chi connectivity index (χ1n) is 7.59. The van der Waals surface area contributed by atoms with Gasteiger partial charge in [-0.25, -0.2) is 18.4 Å². The van der Waals surface area contributed by atoms with E-state index < -0.39 is 21.6 Å². The Bertz CT molecular complexity index is 735. The summed E-state index contributed by atoms with van der Waals surface area (Å²) in [5.41, 5.74) is 0.423. The van der Waals surface area contributed by atoms with Crippen LogP contribution in [0.3, 0.4) is 0 Å². The van der Waals surface area contributed by atoms with Crippen LogP contribution in [0.1, 0.15) is 37.6 Å². The average molecular weight is 354 g/mol. The Morgan fingerprint density at radius 1 is 1.29 bits per heavy atom. The molecule has 1 saturated heterocycles. The van der Waals surface area contributed by atoms with Crippen LogP contribution in [0.4, 0.5) is 5.69 Å². The van der Waals surface area contributed by atoms with Crippen molar-refractivity contribution in [3.8, 4) is 0 Å². The normalized spacial score (nSPS) is 18.8. The molecule has 0 aliphatic carbocycles. The minimum atomic E-state index is -3.61. The summed E-state index contributed by atoms with van der Waals surface area (Å²) >= 11 is 0. The van der Waals surface area contributed by atoms with Gasteiger partial charge in [-0.2, -0.15) is 0 Å². The second kappa shape index (κ2) is 6.52. The van der Waals surface area contributed by atoms with Gasteiger partial charge in [0.25, 0.3) is 0 Å². The number of rotatable bonds is 4. The Kier molecular flexibility index (Phi) is 5.00. The van der Waals surface area contributed by atoms with Crippen LogP contribution in [0.15, 0.2) is 24.3 Å². The Labute approximate surface area is 141 Å². The topological polar surface area (TPSA) is 107 Å². The Morgan fingerprint density at radius 3 is 2.38 bits per heavy atom. The highest BCUT2D eigenvalue weighted by molar-refractivity contribution is 7.89. The number of hydrogen-bond acceptors (Lipinski definition) is 5. The van der Waals surface area contributed by atoms with Crippen LogP contribution in [-0.4, -0.2) is 38.2 Å². The third kappa shape index (κ3) is 5.04. The zero-order valence-corrected chi connectivity index (χ0v) is 14.8. The number of ether oxygens (including phenoxy) is 1. The van der Waals surface area contributed by atoms with Crippen molar-refractivity contribution in [3.63, 3.8) is 0 Å². The van der Waals surface area contributed by atoms with E-state index in [4.69, 9.17) is 9.88 Å². The molecule has 1 aliphatic rings. The molecule has 1 amide bonds.